The molecule has 1 aromatic heterocycles. The molecule has 2 aromatic rings. The van der Waals surface area contributed by atoms with Crippen LogP contribution in [-0.2, 0) is 6.54 Å². The van der Waals surface area contributed by atoms with Crippen molar-refractivity contribution in [3.63, 3.8) is 0 Å². The first-order valence-electron chi connectivity index (χ1n) is 6.71. The van der Waals surface area contributed by atoms with E-state index in [-0.39, 0.29) is 11.9 Å². The highest BCUT2D eigenvalue weighted by atomic mass is 19.1. The third-order valence-electron chi connectivity index (χ3n) is 3.27. The minimum absolute atomic E-state index is 0.205. The normalized spacial score (nSPS) is 12.6. The van der Waals surface area contributed by atoms with E-state index in [1.54, 1.807) is 10.9 Å². The maximum atomic E-state index is 14.0. The van der Waals surface area contributed by atoms with Gasteiger partial charge in [-0.2, -0.15) is 5.10 Å². The van der Waals surface area contributed by atoms with Crippen LogP contribution in [0.4, 0.5) is 4.39 Å². The summed E-state index contributed by atoms with van der Waals surface area (Å²) in [6.07, 6.45) is 3.59. The lowest BCUT2D eigenvalue weighted by Gasteiger charge is -2.14. The Morgan fingerprint density at radius 1 is 1.37 bits per heavy atom. The SMILES string of the molecule is CCNC(C)c1ccc(F)c(-c2cnn(CC)c2)c1. The molecule has 3 nitrogen and oxygen atoms in total. The highest BCUT2D eigenvalue weighted by Crippen LogP contribution is 2.26. The van der Waals surface area contributed by atoms with Crippen LogP contribution in [0.3, 0.4) is 0 Å². The fourth-order valence-electron chi connectivity index (χ4n) is 2.13. The van der Waals surface area contributed by atoms with Crippen molar-refractivity contribution in [3.05, 3.63) is 42.0 Å². The minimum Gasteiger partial charge on any atom is -0.310 e. The Morgan fingerprint density at radius 3 is 2.79 bits per heavy atom. The number of aryl methyl sites for hydroxylation is 1. The quantitative estimate of drug-likeness (QED) is 0.894. The molecule has 0 radical (unpaired) electrons. The molecule has 4 heteroatoms. The Hall–Kier alpha value is -1.68. The van der Waals surface area contributed by atoms with E-state index in [0.29, 0.717) is 5.56 Å². The van der Waals surface area contributed by atoms with Crippen LogP contribution in [0.2, 0.25) is 0 Å². The van der Waals surface area contributed by atoms with Gasteiger partial charge < -0.3 is 5.32 Å². The van der Waals surface area contributed by atoms with Crippen molar-refractivity contribution in [2.75, 3.05) is 6.54 Å². The lowest BCUT2D eigenvalue weighted by molar-refractivity contribution is 0.593. The van der Waals surface area contributed by atoms with Crippen molar-refractivity contribution in [3.8, 4) is 11.1 Å². The van der Waals surface area contributed by atoms with Crippen molar-refractivity contribution in [1.29, 1.82) is 0 Å². The van der Waals surface area contributed by atoms with Gasteiger partial charge in [-0.3, -0.25) is 4.68 Å². The summed E-state index contributed by atoms with van der Waals surface area (Å²) in [6.45, 7) is 7.83. The van der Waals surface area contributed by atoms with E-state index in [2.05, 4.69) is 24.3 Å². The average Bonchev–Trinajstić information content (AvgIpc) is 2.88. The van der Waals surface area contributed by atoms with Crippen LogP contribution in [0.1, 0.15) is 32.4 Å². The Morgan fingerprint density at radius 2 is 2.16 bits per heavy atom. The molecule has 102 valence electrons. The number of nitrogens with one attached hydrogen (secondary N) is 1. The zero-order valence-electron chi connectivity index (χ0n) is 11.7. The molecule has 0 saturated heterocycles. The van der Waals surface area contributed by atoms with Crippen molar-refractivity contribution in [2.24, 2.45) is 0 Å². The summed E-state index contributed by atoms with van der Waals surface area (Å²) in [5, 5.41) is 7.53. The molecule has 0 spiro atoms. The van der Waals surface area contributed by atoms with E-state index >= 15 is 0 Å². The van der Waals surface area contributed by atoms with Crippen molar-refractivity contribution in [2.45, 2.75) is 33.4 Å². The second kappa shape index (κ2) is 5.97. The molecule has 0 bridgehead atoms. The van der Waals surface area contributed by atoms with Gasteiger partial charge in [0.05, 0.1) is 6.20 Å². The molecule has 1 atom stereocenters. The monoisotopic (exact) mass is 261 g/mol. The number of hydrogen-bond acceptors (Lipinski definition) is 2. The van der Waals surface area contributed by atoms with Crippen molar-refractivity contribution >= 4 is 0 Å². The Kier molecular flexibility index (Phi) is 4.32. The smallest absolute Gasteiger partial charge is 0.131 e. The van der Waals surface area contributed by atoms with E-state index in [9.17, 15) is 4.39 Å². The van der Waals surface area contributed by atoms with Gasteiger partial charge in [0.2, 0.25) is 0 Å². The minimum atomic E-state index is -0.205. The van der Waals surface area contributed by atoms with E-state index in [4.69, 9.17) is 0 Å². The molecule has 1 N–H and O–H groups in total. The third kappa shape index (κ3) is 3.01. The molecule has 1 unspecified atom stereocenters. The predicted octanol–water partition coefficient (Wildman–Crippen LogP) is 3.38. The number of rotatable bonds is 5. The lowest BCUT2D eigenvalue weighted by Crippen LogP contribution is -2.17. The number of benzene rings is 1. The highest BCUT2D eigenvalue weighted by molar-refractivity contribution is 5.63. The van der Waals surface area contributed by atoms with Crippen molar-refractivity contribution < 1.29 is 4.39 Å². The maximum Gasteiger partial charge on any atom is 0.131 e. The summed E-state index contributed by atoms with van der Waals surface area (Å²) in [4.78, 5) is 0. The fraction of sp³-hybridized carbons (Fsp3) is 0.400. The van der Waals surface area contributed by atoms with Crippen LogP contribution in [-0.4, -0.2) is 16.3 Å². The van der Waals surface area contributed by atoms with Gasteiger partial charge in [0.15, 0.2) is 0 Å². The first kappa shape index (κ1) is 13.7. The molecular formula is C15H20FN3. The van der Waals surface area contributed by atoms with Crippen LogP contribution in [0.5, 0.6) is 0 Å². The van der Waals surface area contributed by atoms with Crippen LogP contribution in [0, 0.1) is 5.82 Å². The van der Waals surface area contributed by atoms with Crippen LogP contribution >= 0.6 is 0 Å². The summed E-state index contributed by atoms with van der Waals surface area (Å²) in [5.41, 5.74) is 2.52. The summed E-state index contributed by atoms with van der Waals surface area (Å²) in [6, 6.07) is 5.48. The van der Waals surface area contributed by atoms with Gasteiger partial charge in [-0.25, -0.2) is 4.39 Å². The van der Waals surface area contributed by atoms with Gasteiger partial charge in [-0.05, 0) is 38.1 Å². The standard InChI is InChI=1S/C15H20FN3/c1-4-17-11(3)12-6-7-15(16)14(8-12)13-9-18-19(5-2)10-13/h6-11,17H,4-5H2,1-3H3. The Labute approximate surface area is 113 Å². The molecule has 0 fully saturated rings. The van der Waals surface area contributed by atoms with Crippen molar-refractivity contribution in [1.82, 2.24) is 15.1 Å². The zero-order valence-corrected chi connectivity index (χ0v) is 11.7. The summed E-state index contributed by atoms with van der Waals surface area (Å²) < 4.78 is 15.8. The Balaban J connectivity index is 2.36. The molecule has 0 aliphatic heterocycles. The summed E-state index contributed by atoms with van der Waals surface area (Å²) in [5.74, 6) is -0.205. The van der Waals surface area contributed by atoms with Crippen LogP contribution < -0.4 is 5.32 Å². The van der Waals surface area contributed by atoms with Gasteiger partial charge in [0.1, 0.15) is 5.82 Å². The molecular weight excluding hydrogens is 241 g/mol. The van der Waals surface area contributed by atoms with E-state index in [1.165, 1.54) is 6.07 Å². The van der Waals surface area contributed by atoms with Gasteiger partial charge in [-0.15, -0.1) is 0 Å². The summed E-state index contributed by atoms with van der Waals surface area (Å²) in [7, 11) is 0. The second-order valence-corrected chi connectivity index (χ2v) is 4.60. The molecule has 1 heterocycles. The second-order valence-electron chi connectivity index (χ2n) is 4.60. The van der Waals surface area contributed by atoms with Gasteiger partial charge in [-0.1, -0.05) is 13.0 Å². The first-order valence-corrected chi connectivity index (χ1v) is 6.71. The van der Waals surface area contributed by atoms with Crippen LogP contribution in [0.15, 0.2) is 30.6 Å². The molecule has 0 amide bonds. The lowest BCUT2D eigenvalue weighted by atomic mass is 10.0. The largest absolute Gasteiger partial charge is 0.310 e. The molecule has 2 rings (SSSR count). The molecule has 0 saturated carbocycles. The van der Waals surface area contributed by atoms with E-state index < -0.39 is 0 Å². The van der Waals surface area contributed by atoms with Crippen LogP contribution in [0.25, 0.3) is 11.1 Å². The number of aromatic nitrogens is 2. The molecule has 0 aliphatic rings. The highest BCUT2D eigenvalue weighted by Gasteiger charge is 2.11. The fourth-order valence-corrected chi connectivity index (χ4v) is 2.13. The van der Waals surface area contributed by atoms with Gasteiger partial charge in [0, 0.05) is 29.9 Å². The number of halogens is 1. The topological polar surface area (TPSA) is 29.9 Å². The van der Waals surface area contributed by atoms with E-state index in [0.717, 1.165) is 24.2 Å². The Bertz CT molecular complexity index is 548. The van der Waals surface area contributed by atoms with E-state index in [1.807, 2.05) is 25.3 Å². The maximum absolute atomic E-state index is 14.0. The van der Waals surface area contributed by atoms with Gasteiger partial charge >= 0.3 is 0 Å². The number of hydrogen-bond donors (Lipinski definition) is 1. The molecule has 19 heavy (non-hydrogen) atoms. The molecule has 0 aliphatic carbocycles. The summed E-state index contributed by atoms with van der Waals surface area (Å²) >= 11 is 0. The molecule has 1 aromatic carbocycles. The number of nitrogens with zero attached hydrogens (tertiary/aromatic N) is 2. The van der Waals surface area contributed by atoms with Gasteiger partial charge in [0.25, 0.3) is 0 Å². The average molecular weight is 261 g/mol. The third-order valence-corrected chi connectivity index (χ3v) is 3.27. The zero-order chi connectivity index (χ0) is 13.8. The first-order chi connectivity index (χ1) is 9.15. The predicted molar refractivity (Wildman–Crippen MR) is 75.4 cm³/mol.